The Bertz CT molecular complexity index is 86.6. The summed E-state index contributed by atoms with van der Waals surface area (Å²) in [6.45, 7) is 0. The minimum absolute atomic E-state index is 0. The molecule has 41 valence electrons. The van der Waals surface area contributed by atoms with E-state index in [1.165, 1.54) is 0 Å². The van der Waals surface area contributed by atoms with E-state index in [-0.39, 0.29) is 29.6 Å². The first-order valence-corrected chi connectivity index (χ1v) is 1.10. The van der Waals surface area contributed by atoms with E-state index >= 15 is 0 Å². The van der Waals surface area contributed by atoms with E-state index in [2.05, 4.69) is 4.94 Å². The molecule has 0 heterocycles. The molecule has 0 N–H and O–H groups in total. The van der Waals surface area contributed by atoms with Gasteiger partial charge in [-0.05, 0) is 0 Å². The molecule has 0 rings (SSSR count). The number of nitrogens with zero attached hydrogens (tertiary/aromatic N) is 2. The van der Waals surface area contributed by atoms with Gasteiger partial charge in [0.1, 0.15) is 0 Å². The summed E-state index contributed by atoms with van der Waals surface area (Å²) in [5, 5.41) is 14.9. The molecular formula is N2NaO5. The molecule has 8 heteroatoms. The van der Waals surface area contributed by atoms with E-state index in [0.29, 0.717) is 0 Å². The van der Waals surface area contributed by atoms with Crippen molar-refractivity contribution in [3.05, 3.63) is 20.2 Å². The molecule has 0 aromatic rings. The van der Waals surface area contributed by atoms with Crippen molar-refractivity contribution in [3.63, 3.8) is 0 Å². The van der Waals surface area contributed by atoms with Crippen molar-refractivity contribution in [2.45, 2.75) is 0 Å². The molecule has 0 aliphatic carbocycles. The minimum Gasteiger partial charge on any atom is -0.105 e. The summed E-state index contributed by atoms with van der Waals surface area (Å²) in [6.07, 6.45) is 0. The molecule has 8 heavy (non-hydrogen) atoms. The predicted molar refractivity (Wildman–Crippen MR) is 20.8 cm³/mol. The Labute approximate surface area is 65.1 Å². The Hall–Kier alpha value is -0.400. The van der Waals surface area contributed by atoms with Crippen LogP contribution in [0.2, 0.25) is 0 Å². The molecule has 0 aliphatic rings. The maximum absolute atomic E-state index is 8.95. The summed E-state index contributed by atoms with van der Waals surface area (Å²) in [7, 11) is 0. The normalized spacial score (nSPS) is 6.50. The molecule has 0 saturated heterocycles. The van der Waals surface area contributed by atoms with Crippen LogP contribution in [0.15, 0.2) is 0 Å². The van der Waals surface area contributed by atoms with Crippen LogP contribution in [0.4, 0.5) is 0 Å². The zero-order valence-electron chi connectivity index (χ0n) is 3.94. The first kappa shape index (κ1) is 10.6. The van der Waals surface area contributed by atoms with Crippen molar-refractivity contribution in [1.29, 1.82) is 0 Å². The van der Waals surface area contributed by atoms with Crippen LogP contribution < -0.4 is 0 Å². The van der Waals surface area contributed by atoms with E-state index in [1.54, 1.807) is 0 Å². The van der Waals surface area contributed by atoms with Crippen molar-refractivity contribution in [2.75, 3.05) is 0 Å². The zero-order valence-corrected chi connectivity index (χ0v) is 5.94. The summed E-state index contributed by atoms with van der Waals surface area (Å²) in [5.74, 6) is 0. The van der Waals surface area contributed by atoms with Crippen LogP contribution in [0.3, 0.4) is 0 Å². The fourth-order valence-corrected chi connectivity index (χ4v) is 0.0544. The molecular weight excluding hydrogens is 131 g/mol. The van der Waals surface area contributed by atoms with Gasteiger partial charge < -0.3 is 0 Å². The standard InChI is InChI=1S/N2O5.Na/c3-1(4)7-2(5)6;. The van der Waals surface area contributed by atoms with Gasteiger partial charge >= 0.3 is 10.2 Å². The third kappa shape index (κ3) is 9.14. The number of hydrogen-bond acceptors (Lipinski definition) is 5. The van der Waals surface area contributed by atoms with E-state index in [9.17, 15) is 0 Å². The van der Waals surface area contributed by atoms with E-state index in [4.69, 9.17) is 20.2 Å². The summed E-state index contributed by atoms with van der Waals surface area (Å²) in [4.78, 5) is 20.6. The average molecular weight is 131 g/mol. The summed E-state index contributed by atoms with van der Waals surface area (Å²) < 4.78 is 0. The van der Waals surface area contributed by atoms with Crippen LogP contribution in [-0.2, 0) is 4.94 Å². The minimum atomic E-state index is -1.50. The second-order valence-electron chi connectivity index (χ2n) is 0.529. The molecule has 0 atom stereocenters. The Morgan fingerprint density at radius 3 is 1.38 bits per heavy atom. The van der Waals surface area contributed by atoms with Crippen molar-refractivity contribution >= 4 is 29.6 Å². The van der Waals surface area contributed by atoms with E-state index < -0.39 is 10.2 Å². The topological polar surface area (TPSA) is 95.5 Å². The van der Waals surface area contributed by atoms with E-state index in [1.807, 2.05) is 0 Å². The van der Waals surface area contributed by atoms with Gasteiger partial charge in [0.2, 0.25) is 0 Å². The molecule has 0 fully saturated rings. The van der Waals surface area contributed by atoms with Gasteiger partial charge in [0, 0.05) is 34.5 Å². The molecule has 1 radical (unpaired) electrons. The first-order valence-electron chi connectivity index (χ1n) is 1.10. The molecule has 0 bridgehead atoms. The first-order chi connectivity index (χ1) is 3.13. The summed E-state index contributed by atoms with van der Waals surface area (Å²) in [5.41, 5.74) is 0. The molecule has 0 aromatic heterocycles. The van der Waals surface area contributed by atoms with Crippen LogP contribution in [0.25, 0.3) is 0 Å². The van der Waals surface area contributed by atoms with Crippen LogP contribution >= 0.6 is 0 Å². The average Bonchev–Trinajstić information content (AvgIpc) is 1.27. The third-order valence-corrected chi connectivity index (χ3v) is 0.133. The maximum atomic E-state index is 8.95. The quantitative estimate of drug-likeness (QED) is 0.272. The van der Waals surface area contributed by atoms with Gasteiger partial charge in [-0.2, -0.15) is 0 Å². The molecule has 0 amide bonds. The Morgan fingerprint density at radius 2 is 1.38 bits per heavy atom. The van der Waals surface area contributed by atoms with Gasteiger partial charge in [-0.1, -0.05) is 0 Å². The van der Waals surface area contributed by atoms with Gasteiger partial charge in [-0.15, -0.1) is 20.2 Å². The smallest absolute Gasteiger partial charge is 0.105 e. The van der Waals surface area contributed by atoms with Crippen LogP contribution in [0, 0.1) is 20.2 Å². The molecule has 0 aliphatic heterocycles. The molecule has 0 aromatic carbocycles. The Balaban J connectivity index is 0. The maximum Gasteiger partial charge on any atom is 0.356 e. The van der Waals surface area contributed by atoms with E-state index in [0.717, 1.165) is 0 Å². The molecule has 0 spiro atoms. The Kier molecular flexibility index (Phi) is 6.27. The summed E-state index contributed by atoms with van der Waals surface area (Å²) >= 11 is 0. The monoisotopic (exact) mass is 131 g/mol. The second-order valence-corrected chi connectivity index (χ2v) is 0.529. The van der Waals surface area contributed by atoms with Crippen molar-refractivity contribution in [1.82, 2.24) is 0 Å². The largest absolute Gasteiger partial charge is 0.356 e. The number of rotatable bonds is 2. The van der Waals surface area contributed by atoms with Gasteiger partial charge in [0.15, 0.2) is 0 Å². The van der Waals surface area contributed by atoms with Crippen LogP contribution in [0.1, 0.15) is 0 Å². The van der Waals surface area contributed by atoms with Gasteiger partial charge in [0.25, 0.3) is 0 Å². The molecule has 0 unspecified atom stereocenters. The fraction of sp³-hybridized carbons (Fsp3) is 0. The zero-order chi connectivity index (χ0) is 5.86. The number of hydrogen-bond donors (Lipinski definition) is 0. The van der Waals surface area contributed by atoms with Gasteiger partial charge in [0.05, 0.1) is 0 Å². The van der Waals surface area contributed by atoms with Crippen molar-refractivity contribution in [2.24, 2.45) is 0 Å². The molecule has 7 nitrogen and oxygen atoms in total. The molecule has 0 saturated carbocycles. The van der Waals surface area contributed by atoms with Crippen molar-refractivity contribution < 1.29 is 15.1 Å². The fourth-order valence-electron chi connectivity index (χ4n) is 0.0544. The van der Waals surface area contributed by atoms with Crippen LogP contribution in [0.5, 0.6) is 0 Å². The third-order valence-electron chi connectivity index (χ3n) is 0.133. The van der Waals surface area contributed by atoms with Crippen molar-refractivity contribution in [3.8, 4) is 0 Å². The summed E-state index contributed by atoms with van der Waals surface area (Å²) in [6, 6.07) is 0. The second kappa shape index (κ2) is 4.75. The SMILES string of the molecule is O=[N+]([O-])O[N+](=O)[O-].[Na]. The Morgan fingerprint density at radius 1 is 1.12 bits per heavy atom. The van der Waals surface area contributed by atoms with Gasteiger partial charge in [-0.25, -0.2) is 0 Å². The van der Waals surface area contributed by atoms with Crippen LogP contribution in [-0.4, -0.2) is 39.7 Å². The predicted octanol–water partition coefficient (Wildman–Crippen LogP) is -0.994. The van der Waals surface area contributed by atoms with Gasteiger partial charge in [-0.3, -0.25) is 0 Å².